The van der Waals surface area contributed by atoms with Gasteiger partial charge in [0.15, 0.2) is 0 Å². The van der Waals surface area contributed by atoms with E-state index in [4.69, 9.17) is 19.8 Å². The predicted molar refractivity (Wildman–Crippen MR) is 88.0 cm³/mol. The number of carboxylic acid groups (broad SMARTS) is 2. The van der Waals surface area contributed by atoms with Gasteiger partial charge in [0, 0.05) is 58.4 Å². The van der Waals surface area contributed by atoms with Gasteiger partial charge < -0.3 is 46.0 Å². The van der Waals surface area contributed by atoms with Crippen molar-refractivity contribution < 1.29 is 46.5 Å². The van der Waals surface area contributed by atoms with E-state index in [1.165, 1.54) is 6.08 Å². The zero-order chi connectivity index (χ0) is 20.1. The van der Waals surface area contributed by atoms with Crippen LogP contribution in [0.25, 0.3) is 0 Å². The van der Waals surface area contributed by atoms with Gasteiger partial charge in [-0.05, 0) is 0 Å². The third-order valence-corrected chi connectivity index (χ3v) is 3.82. The smallest absolute Gasteiger partial charge is 0.549 e. The monoisotopic (exact) mass is 434 g/mol. The van der Waals surface area contributed by atoms with Gasteiger partial charge in [-0.3, -0.25) is 9.59 Å². The molecule has 0 aromatic carbocycles. The Morgan fingerprint density at radius 3 is 1.50 bits per heavy atom. The zero-order valence-corrected chi connectivity index (χ0v) is 16.2. The molecule has 1 aliphatic carbocycles. The van der Waals surface area contributed by atoms with Crippen LogP contribution < -0.4 is 21.7 Å². The largest absolute Gasteiger partial charge is 2.00 e. The van der Waals surface area contributed by atoms with Gasteiger partial charge in [-0.25, -0.2) is 0 Å². The maximum atomic E-state index is 12.4. The second-order valence-electron chi connectivity index (χ2n) is 6.03. The molecule has 0 unspecified atom stereocenters. The second-order valence-corrected chi connectivity index (χ2v) is 6.03. The Hall–Kier alpha value is -2.40. The molecule has 4 rings (SSSR count). The SMILES string of the molecule is NCC(=O)[O-].NCC(=O)[O-].O=C1C=C(N2CC2)C(=O)C(N2CC2)=C1N1CC1.[Mn+2]. The maximum Gasteiger partial charge on any atom is 2.00 e. The summed E-state index contributed by atoms with van der Waals surface area (Å²) in [4.78, 5) is 48.7. The Labute approximate surface area is 172 Å². The molecule has 3 heterocycles. The van der Waals surface area contributed by atoms with E-state index in [2.05, 4.69) is 11.5 Å². The molecule has 0 spiro atoms. The summed E-state index contributed by atoms with van der Waals surface area (Å²) in [7, 11) is 0. The van der Waals surface area contributed by atoms with Crippen molar-refractivity contribution in [3.63, 3.8) is 0 Å². The van der Waals surface area contributed by atoms with Crippen molar-refractivity contribution in [3.05, 3.63) is 23.2 Å². The number of hydrogen-bond donors (Lipinski definition) is 2. The van der Waals surface area contributed by atoms with E-state index in [0.29, 0.717) is 17.1 Å². The number of rotatable bonds is 5. The zero-order valence-electron chi connectivity index (χ0n) is 15.1. The molecule has 3 aliphatic heterocycles. The average Bonchev–Trinajstić information content (AvgIpc) is 3.50. The second kappa shape index (κ2) is 10.2. The molecular weight excluding hydrogens is 413 g/mol. The van der Waals surface area contributed by atoms with E-state index in [1.807, 2.05) is 14.7 Å². The molecule has 0 bridgehead atoms. The summed E-state index contributed by atoms with van der Waals surface area (Å²) in [5.74, 6) is -2.39. The number of carbonyl (C=O) groups excluding carboxylic acids is 4. The van der Waals surface area contributed by atoms with Crippen LogP contribution >= 0.6 is 0 Å². The number of allylic oxidation sites excluding steroid dienone is 1. The van der Waals surface area contributed by atoms with Crippen LogP contribution in [0.3, 0.4) is 0 Å². The molecule has 4 aliphatic rings. The summed E-state index contributed by atoms with van der Waals surface area (Å²) >= 11 is 0. The number of Topliss-reactive ketones (excluding diaryl/α,β-unsaturated/α-hetero) is 1. The molecule has 153 valence electrons. The van der Waals surface area contributed by atoms with Gasteiger partial charge in [-0.2, -0.15) is 0 Å². The first-order valence-electron chi connectivity index (χ1n) is 8.39. The topological polar surface area (TPSA) is 175 Å². The van der Waals surface area contributed by atoms with Crippen LogP contribution in [0.1, 0.15) is 0 Å². The van der Waals surface area contributed by atoms with Crippen molar-refractivity contribution in [2.24, 2.45) is 11.5 Å². The summed E-state index contributed by atoms with van der Waals surface area (Å²) in [5, 5.41) is 18.3. The van der Waals surface area contributed by atoms with E-state index in [9.17, 15) is 9.59 Å². The normalized spacial score (nSPS) is 18.8. The minimum Gasteiger partial charge on any atom is -0.549 e. The van der Waals surface area contributed by atoms with Crippen LogP contribution in [0.4, 0.5) is 0 Å². The molecule has 0 aromatic heterocycles. The number of carboxylic acids is 2. The molecule has 0 atom stereocenters. The van der Waals surface area contributed by atoms with Crippen molar-refractivity contribution in [2.75, 3.05) is 52.4 Å². The van der Waals surface area contributed by atoms with E-state index in [-0.39, 0.29) is 41.7 Å². The minimum absolute atomic E-state index is 0. The first-order chi connectivity index (χ1) is 12.8. The molecule has 0 aromatic rings. The van der Waals surface area contributed by atoms with E-state index < -0.39 is 11.9 Å². The van der Waals surface area contributed by atoms with Crippen LogP contribution in [0.5, 0.6) is 0 Å². The van der Waals surface area contributed by atoms with E-state index >= 15 is 0 Å². The Bertz CT molecular complexity index is 696. The number of hydrogen-bond acceptors (Lipinski definition) is 11. The van der Waals surface area contributed by atoms with Gasteiger partial charge in [-0.15, -0.1) is 0 Å². The molecule has 3 saturated heterocycles. The molecule has 11 nitrogen and oxygen atoms in total. The molecular formula is C16H21MnN5O6. The first kappa shape index (κ1) is 23.6. The summed E-state index contributed by atoms with van der Waals surface area (Å²) < 4.78 is 0. The summed E-state index contributed by atoms with van der Waals surface area (Å²) in [6.45, 7) is 4.63. The Morgan fingerprint density at radius 1 is 0.821 bits per heavy atom. The third-order valence-electron chi connectivity index (χ3n) is 3.82. The van der Waals surface area contributed by atoms with Crippen LogP contribution in [0.2, 0.25) is 0 Å². The van der Waals surface area contributed by atoms with Gasteiger partial charge in [0.05, 0.1) is 17.6 Å². The Balaban J connectivity index is 0.000000303. The van der Waals surface area contributed by atoms with Gasteiger partial charge in [0.1, 0.15) is 11.4 Å². The number of carbonyl (C=O) groups is 4. The number of aliphatic carboxylic acids is 2. The molecule has 12 heteroatoms. The number of ketones is 2. The quantitative estimate of drug-likeness (QED) is 0.240. The Kier molecular flexibility index (Phi) is 8.63. The molecule has 0 amide bonds. The maximum absolute atomic E-state index is 12.4. The predicted octanol–water partition coefficient (Wildman–Crippen LogP) is -5.43. The third kappa shape index (κ3) is 6.64. The molecule has 0 saturated carbocycles. The van der Waals surface area contributed by atoms with Crippen molar-refractivity contribution in [1.82, 2.24) is 14.7 Å². The summed E-state index contributed by atoms with van der Waals surface area (Å²) in [5.41, 5.74) is 10.9. The van der Waals surface area contributed by atoms with Crippen LogP contribution in [-0.4, -0.2) is 90.6 Å². The van der Waals surface area contributed by atoms with Gasteiger partial charge in [0.25, 0.3) is 0 Å². The fourth-order valence-electron chi connectivity index (χ4n) is 2.28. The summed E-state index contributed by atoms with van der Waals surface area (Å²) in [6.07, 6.45) is 1.52. The standard InChI is InChI=1S/C12H13N3O2.2C2H5NO2.Mn/c16-9-7-8(13-1-2-13)12(17)11(15-5-6-15)10(9)14-3-4-14;2*3-1-2(4)5;/h7H,1-6H2;2*1,3H2,(H,4,5);/q;;;+2/p-2. The van der Waals surface area contributed by atoms with Crippen molar-refractivity contribution in [3.8, 4) is 0 Å². The minimum atomic E-state index is -1.22. The number of nitrogens with two attached hydrogens (primary N) is 2. The van der Waals surface area contributed by atoms with Crippen molar-refractivity contribution in [1.29, 1.82) is 0 Å². The average molecular weight is 434 g/mol. The van der Waals surface area contributed by atoms with Crippen molar-refractivity contribution in [2.45, 2.75) is 0 Å². The fourth-order valence-corrected chi connectivity index (χ4v) is 2.28. The van der Waals surface area contributed by atoms with Gasteiger partial charge in [-0.1, -0.05) is 0 Å². The van der Waals surface area contributed by atoms with Crippen LogP contribution in [0, 0.1) is 0 Å². The van der Waals surface area contributed by atoms with E-state index in [1.54, 1.807) is 0 Å². The Morgan fingerprint density at radius 2 is 1.18 bits per heavy atom. The molecule has 3 fully saturated rings. The fraction of sp³-hybridized carbons (Fsp3) is 0.500. The van der Waals surface area contributed by atoms with Crippen LogP contribution in [-0.2, 0) is 36.2 Å². The molecule has 28 heavy (non-hydrogen) atoms. The van der Waals surface area contributed by atoms with Crippen molar-refractivity contribution >= 4 is 23.5 Å². The summed E-state index contributed by atoms with van der Waals surface area (Å²) in [6, 6.07) is 0. The van der Waals surface area contributed by atoms with Gasteiger partial charge >= 0.3 is 17.1 Å². The molecule has 4 N–H and O–H groups in total. The first-order valence-corrected chi connectivity index (χ1v) is 8.39. The molecule has 1 radical (unpaired) electrons. The van der Waals surface area contributed by atoms with Gasteiger partial charge in [0.2, 0.25) is 11.6 Å². The van der Waals surface area contributed by atoms with Crippen LogP contribution in [0.15, 0.2) is 23.2 Å². The van der Waals surface area contributed by atoms with E-state index in [0.717, 1.165) is 39.3 Å². The number of nitrogens with zero attached hydrogens (tertiary/aromatic N) is 3.